The van der Waals surface area contributed by atoms with Gasteiger partial charge in [0.2, 0.25) is 0 Å². The van der Waals surface area contributed by atoms with Gasteiger partial charge in [-0.05, 0) is 24.6 Å². The molecule has 0 atom stereocenters. The van der Waals surface area contributed by atoms with E-state index in [4.69, 9.17) is 0 Å². The minimum Gasteiger partial charge on any atom is -0.257 e. The Balaban J connectivity index is 0. The van der Waals surface area contributed by atoms with E-state index < -0.39 is 0 Å². The van der Waals surface area contributed by atoms with Crippen LogP contribution in [0.15, 0.2) is 24.9 Å². The predicted molar refractivity (Wildman–Crippen MR) is 61.8 cm³/mol. The predicted octanol–water partition coefficient (Wildman–Crippen LogP) is 4.09. The molecule has 0 N–H and O–H groups in total. The van der Waals surface area contributed by atoms with Crippen molar-refractivity contribution in [2.75, 3.05) is 0 Å². The first-order valence-electron chi connectivity index (χ1n) is 4.88. The van der Waals surface area contributed by atoms with Gasteiger partial charge in [0.1, 0.15) is 0 Å². The van der Waals surface area contributed by atoms with Crippen molar-refractivity contribution in [2.45, 2.75) is 34.6 Å². The minimum absolute atomic E-state index is 0.931. The van der Waals surface area contributed by atoms with Gasteiger partial charge < -0.3 is 0 Å². The monoisotopic (exact) mass is 179 g/mol. The number of rotatable bonds is 1. The number of aryl methyl sites for hydroxylation is 1. The summed E-state index contributed by atoms with van der Waals surface area (Å²) in [6, 6.07) is 3.96. The molecule has 1 heterocycles. The second kappa shape index (κ2) is 10.9. The van der Waals surface area contributed by atoms with Gasteiger partial charge in [-0.1, -0.05) is 40.3 Å². The van der Waals surface area contributed by atoms with Crippen LogP contribution in [0.25, 0.3) is 6.08 Å². The second-order valence-electron chi connectivity index (χ2n) is 1.96. The summed E-state index contributed by atoms with van der Waals surface area (Å²) in [6.45, 7) is 13.6. The Bertz CT molecular complexity index is 199. The van der Waals surface area contributed by atoms with Gasteiger partial charge in [-0.25, -0.2) is 0 Å². The molecule has 0 saturated heterocycles. The highest BCUT2D eigenvalue weighted by Gasteiger charge is 1.83. The Hall–Kier alpha value is -1.11. The minimum atomic E-state index is 0.931. The molecule has 1 aromatic heterocycles. The third-order valence-electron chi connectivity index (χ3n) is 1.14. The lowest BCUT2D eigenvalue weighted by atomic mass is 10.3. The van der Waals surface area contributed by atoms with Crippen molar-refractivity contribution in [3.8, 4) is 0 Å². The number of aromatic nitrogens is 1. The standard InChI is InChI=1S/C8H9N.2C2H6/c1-3-8-5-4-7(2)6-9-8;2*1-2/h3-6H,1H2,2H3;2*1-2H3. The molecule has 0 spiro atoms. The fourth-order valence-corrected chi connectivity index (χ4v) is 0.600. The van der Waals surface area contributed by atoms with Crippen molar-refractivity contribution >= 4 is 6.08 Å². The third kappa shape index (κ3) is 7.26. The molecule has 13 heavy (non-hydrogen) atoms. The summed E-state index contributed by atoms with van der Waals surface area (Å²) in [5.41, 5.74) is 2.11. The SMILES string of the molecule is C=Cc1ccc(C)cn1.CC.CC. The molecule has 0 saturated carbocycles. The summed E-state index contributed by atoms with van der Waals surface area (Å²) in [5.74, 6) is 0. The maximum absolute atomic E-state index is 4.08. The highest BCUT2D eigenvalue weighted by molar-refractivity contribution is 5.41. The summed E-state index contributed by atoms with van der Waals surface area (Å²) >= 11 is 0. The molecule has 74 valence electrons. The lowest BCUT2D eigenvalue weighted by Crippen LogP contribution is -1.78. The molecule has 0 radical (unpaired) electrons. The van der Waals surface area contributed by atoms with Crippen LogP contribution in [-0.2, 0) is 0 Å². The Labute approximate surface area is 82.5 Å². The van der Waals surface area contributed by atoms with Crippen LogP contribution < -0.4 is 0 Å². The average molecular weight is 179 g/mol. The molecular weight excluding hydrogens is 158 g/mol. The lowest BCUT2D eigenvalue weighted by molar-refractivity contribution is 1.25. The number of hydrogen-bond donors (Lipinski definition) is 0. The quantitative estimate of drug-likeness (QED) is 0.633. The molecular formula is C12H21N. The zero-order valence-electron chi connectivity index (χ0n) is 9.46. The molecule has 0 amide bonds. The van der Waals surface area contributed by atoms with Crippen LogP contribution >= 0.6 is 0 Å². The Morgan fingerprint density at radius 1 is 1.15 bits per heavy atom. The first-order chi connectivity index (χ1) is 6.33. The molecule has 0 aromatic carbocycles. The van der Waals surface area contributed by atoms with Crippen LogP contribution in [0.1, 0.15) is 39.0 Å². The van der Waals surface area contributed by atoms with Gasteiger partial charge in [-0.2, -0.15) is 0 Å². The molecule has 0 aliphatic carbocycles. The van der Waals surface area contributed by atoms with Crippen LogP contribution in [0, 0.1) is 6.92 Å². The van der Waals surface area contributed by atoms with Crippen molar-refractivity contribution in [3.05, 3.63) is 36.2 Å². The van der Waals surface area contributed by atoms with Gasteiger partial charge >= 0.3 is 0 Å². The maximum Gasteiger partial charge on any atom is 0.0623 e. The van der Waals surface area contributed by atoms with Gasteiger partial charge in [0.25, 0.3) is 0 Å². The van der Waals surface area contributed by atoms with Crippen LogP contribution in [0.2, 0.25) is 0 Å². The average Bonchev–Trinajstić information content (AvgIpc) is 2.25. The third-order valence-corrected chi connectivity index (χ3v) is 1.14. The first-order valence-corrected chi connectivity index (χ1v) is 4.88. The van der Waals surface area contributed by atoms with Crippen LogP contribution in [0.4, 0.5) is 0 Å². The molecule has 1 aromatic rings. The summed E-state index contributed by atoms with van der Waals surface area (Å²) < 4.78 is 0. The Morgan fingerprint density at radius 3 is 2.00 bits per heavy atom. The van der Waals surface area contributed by atoms with Gasteiger partial charge in [0.15, 0.2) is 0 Å². The van der Waals surface area contributed by atoms with E-state index >= 15 is 0 Å². The first kappa shape index (κ1) is 14.4. The van der Waals surface area contributed by atoms with E-state index in [1.807, 2.05) is 52.9 Å². The van der Waals surface area contributed by atoms with Crippen molar-refractivity contribution in [1.82, 2.24) is 4.98 Å². The van der Waals surface area contributed by atoms with E-state index in [1.54, 1.807) is 6.08 Å². The normalized spacial score (nSPS) is 7.15. The Kier molecular flexibility index (Phi) is 12.1. The molecule has 1 nitrogen and oxygen atoms in total. The fraction of sp³-hybridized carbons (Fsp3) is 0.417. The number of hydrogen-bond acceptors (Lipinski definition) is 1. The van der Waals surface area contributed by atoms with Crippen LogP contribution in [0.5, 0.6) is 0 Å². The molecule has 0 aliphatic heterocycles. The highest BCUT2D eigenvalue weighted by atomic mass is 14.7. The summed E-state index contributed by atoms with van der Waals surface area (Å²) in [4.78, 5) is 4.08. The summed E-state index contributed by atoms with van der Waals surface area (Å²) in [6.07, 6.45) is 3.57. The largest absolute Gasteiger partial charge is 0.257 e. The number of nitrogens with zero attached hydrogens (tertiary/aromatic N) is 1. The zero-order valence-corrected chi connectivity index (χ0v) is 9.46. The fourth-order valence-electron chi connectivity index (χ4n) is 0.600. The van der Waals surface area contributed by atoms with E-state index in [1.165, 1.54) is 5.56 Å². The van der Waals surface area contributed by atoms with E-state index in [-0.39, 0.29) is 0 Å². The van der Waals surface area contributed by atoms with Crippen molar-refractivity contribution in [1.29, 1.82) is 0 Å². The van der Waals surface area contributed by atoms with E-state index in [2.05, 4.69) is 11.6 Å². The molecule has 0 bridgehead atoms. The van der Waals surface area contributed by atoms with Crippen molar-refractivity contribution in [2.24, 2.45) is 0 Å². The van der Waals surface area contributed by atoms with Gasteiger partial charge in [0.05, 0.1) is 5.69 Å². The van der Waals surface area contributed by atoms with Crippen LogP contribution in [0.3, 0.4) is 0 Å². The smallest absolute Gasteiger partial charge is 0.0623 e. The maximum atomic E-state index is 4.08. The van der Waals surface area contributed by atoms with Crippen molar-refractivity contribution < 1.29 is 0 Å². The number of pyridine rings is 1. The lowest BCUT2D eigenvalue weighted by Gasteiger charge is -1.90. The molecule has 0 fully saturated rings. The summed E-state index contributed by atoms with van der Waals surface area (Å²) in [7, 11) is 0. The summed E-state index contributed by atoms with van der Waals surface area (Å²) in [5, 5.41) is 0. The van der Waals surface area contributed by atoms with E-state index in [0.29, 0.717) is 0 Å². The Morgan fingerprint density at radius 2 is 1.69 bits per heavy atom. The second-order valence-corrected chi connectivity index (χ2v) is 1.96. The zero-order chi connectivity index (χ0) is 10.7. The highest BCUT2D eigenvalue weighted by Crippen LogP contribution is 1.98. The van der Waals surface area contributed by atoms with Gasteiger partial charge in [-0.3, -0.25) is 4.98 Å². The van der Waals surface area contributed by atoms with Gasteiger partial charge in [-0.15, -0.1) is 0 Å². The van der Waals surface area contributed by atoms with E-state index in [0.717, 1.165) is 5.69 Å². The molecule has 0 aliphatic rings. The topological polar surface area (TPSA) is 12.9 Å². The molecule has 1 rings (SSSR count). The molecule has 1 heteroatoms. The molecule has 0 unspecified atom stereocenters. The van der Waals surface area contributed by atoms with E-state index in [9.17, 15) is 0 Å². The van der Waals surface area contributed by atoms with Gasteiger partial charge in [0, 0.05) is 6.20 Å². The van der Waals surface area contributed by atoms with Crippen molar-refractivity contribution in [3.63, 3.8) is 0 Å². The van der Waals surface area contributed by atoms with Crippen LogP contribution in [-0.4, -0.2) is 4.98 Å².